The first kappa shape index (κ1) is 17.3. The molecule has 1 aromatic heterocycles. The summed E-state index contributed by atoms with van der Waals surface area (Å²) in [6, 6.07) is 7.35. The predicted molar refractivity (Wildman–Crippen MR) is 89.5 cm³/mol. The summed E-state index contributed by atoms with van der Waals surface area (Å²) in [6.45, 7) is 4.94. The first-order chi connectivity index (χ1) is 11.1. The molecule has 23 heavy (non-hydrogen) atoms. The summed E-state index contributed by atoms with van der Waals surface area (Å²) in [6.07, 6.45) is 0.971. The largest absolute Gasteiger partial charge is 0.497 e. The third kappa shape index (κ3) is 5.59. The van der Waals surface area contributed by atoms with Crippen LogP contribution in [0.25, 0.3) is 11.5 Å². The fourth-order valence-corrected chi connectivity index (χ4v) is 2.39. The predicted octanol–water partition coefficient (Wildman–Crippen LogP) is 3.00. The Morgan fingerprint density at radius 3 is 2.70 bits per heavy atom. The number of benzene rings is 1. The molecule has 1 N–H and O–H groups in total. The van der Waals surface area contributed by atoms with Crippen LogP contribution in [0.3, 0.4) is 0 Å². The number of amides is 1. The molecule has 2 aromatic rings. The number of aromatic nitrogens is 2. The van der Waals surface area contributed by atoms with E-state index in [1.807, 2.05) is 24.3 Å². The topological polar surface area (TPSA) is 77.2 Å². The van der Waals surface area contributed by atoms with Gasteiger partial charge in [0.1, 0.15) is 5.75 Å². The third-order valence-corrected chi connectivity index (χ3v) is 3.93. The molecule has 0 unspecified atom stereocenters. The molecule has 0 aliphatic heterocycles. The summed E-state index contributed by atoms with van der Waals surface area (Å²) in [5.74, 6) is 2.00. The average Bonchev–Trinajstić information content (AvgIpc) is 3.01. The molecule has 1 heterocycles. The highest BCUT2D eigenvalue weighted by atomic mass is 32.2. The molecule has 0 radical (unpaired) electrons. The van der Waals surface area contributed by atoms with Crippen LogP contribution in [0.15, 0.2) is 33.9 Å². The van der Waals surface area contributed by atoms with Gasteiger partial charge in [0.15, 0.2) is 0 Å². The minimum Gasteiger partial charge on any atom is -0.497 e. The second kappa shape index (κ2) is 8.57. The highest BCUT2D eigenvalue weighted by Crippen LogP contribution is 2.24. The van der Waals surface area contributed by atoms with Crippen LogP contribution in [0, 0.1) is 5.92 Å². The molecule has 6 nitrogen and oxygen atoms in total. The van der Waals surface area contributed by atoms with Crippen molar-refractivity contribution in [1.82, 2.24) is 15.5 Å². The molecule has 124 valence electrons. The normalized spacial score (nSPS) is 10.8. The maximum absolute atomic E-state index is 11.7. The molecule has 7 heteroatoms. The van der Waals surface area contributed by atoms with Crippen molar-refractivity contribution >= 4 is 17.7 Å². The third-order valence-electron chi connectivity index (χ3n) is 3.11. The van der Waals surface area contributed by atoms with E-state index in [9.17, 15) is 4.79 Å². The quantitative estimate of drug-likeness (QED) is 0.747. The Bertz CT molecular complexity index is 626. The molecule has 0 aliphatic carbocycles. The van der Waals surface area contributed by atoms with Crippen LogP contribution in [0.4, 0.5) is 0 Å². The molecule has 2 rings (SSSR count). The van der Waals surface area contributed by atoms with E-state index in [0.29, 0.717) is 23.6 Å². The van der Waals surface area contributed by atoms with Gasteiger partial charge < -0.3 is 14.5 Å². The van der Waals surface area contributed by atoms with Gasteiger partial charge in [0.05, 0.1) is 12.9 Å². The summed E-state index contributed by atoms with van der Waals surface area (Å²) < 4.78 is 10.7. The lowest BCUT2D eigenvalue weighted by Gasteiger charge is -2.05. The van der Waals surface area contributed by atoms with E-state index in [4.69, 9.17) is 9.15 Å². The van der Waals surface area contributed by atoms with E-state index in [-0.39, 0.29) is 11.7 Å². The summed E-state index contributed by atoms with van der Waals surface area (Å²) in [7, 11) is 1.61. The number of hydrogen-bond acceptors (Lipinski definition) is 6. The van der Waals surface area contributed by atoms with Gasteiger partial charge in [-0.05, 0) is 36.6 Å². The molecule has 0 bridgehead atoms. The zero-order chi connectivity index (χ0) is 16.7. The number of ether oxygens (including phenoxy) is 1. The lowest BCUT2D eigenvalue weighted by molar-refractivity contribution is -0.118. The van der Waals surface area contributed by atoms with Gasteiger partial charge in [0, 0.05) is 12.1 Å². The molecule has 1 aromatic carbocycles. The molecular formula is C16H21N3O3S. The van der Waals surface area contributed by atoms with Gasteiger partial charge in [-0.3, -0.25) is 4.79 Å². The first-order valence-corrected chi connectivity index (χ1v) is 8.44. The fraction of sp³-hybridized carbons (Fsp3) is 0.438. The second-order valence-corrected chi connectivity index (χ2v) is 6.35. The smallest absolute Gasteiger partial charge is 0.277 e. The van der Waals surface area contributed by atoms with Crippen LogP contribution >= 0.6 is 11.8 Å². The van der Waals surface area contributed by atoms with Crippen molar-refractivity contribution in [2.75, 3.05) is 19.4 Å². The Balaban J connectivity index is 1.83. The van der Waals surface area contributed by atoms with Gasteiger partial charge >= 0.3 is 0 Å². The molecule has 0 spiro atoms. The lowest BCUT2D eigenvalue weighted by atomic mass is 10.1. The van der Waals surface area contributed by atoms with Gasteiger partial charge in [0.2, 0.25) is 11.8 Å². The molecule has 0 saturated carbocycles. The van der Waals surface area contributed by atoms with Gasteiger partial charge in [-0.1, -0.05) is 25.6 Å². The molecule has 0 saturated heterocycles. The molecular weight excluding hydrogens is 314 g/mol. The summed E-state index contributed by atoms with van der Waals surface area (Å²) in [4.78, 5) is 11.7. The summed E-state index contributed by atoms with van der Waals surface area (Å²) in [5, 5.41) is 11.2. The minimum absolute atomic E-state index is 0.0279. The van der Waals surface area contributed by atoms with Crippen LogP contribution < -0.4 is 10.1 Å². The number of nitrogens with one attached hydrogen (secondary N) is 1. The van der Waals surface area contributed by atoms with Gasteiger partial charge in [0.25, 0.3) is 5.22 Å². The number of methoxy groups -OCH3 is 1. The van der Waals surface area contributed by atoms with Crippen LogP contribution in [0.1, 0.15) is 20.3 Å². The zero-order valence-corrected chi connectivity index (χ0v) is 14.4. The van der Waals surface area contributed by atoms with E-state index >= 15 is 0 Å². The van der Waals surface area contributed by atoms with Gasteiger partial charge in [-0.25, -0.2) is 0 Å². The minimum atomic E-state index is -0.0279. The van der Waals surface area contributed by atoms with Crippen LogP contribution in [0.2, 0.25) is 0 Å². The highest BCUT2D eigenvalue weighted by molar-refractivity contribution is 7.99. The Kier molecular flexibility index (Phi) is 6.46. The molecule has 0 atom stereocenters. The number of nitrogens with zero attached hydrogens (tertiary/aromatic N) is 2. The first-order valence-electron chi connectivity index (χ1n) is 7.46. The van der Waals surface area contributed by atoms with E-state index < -0.39 is 0 Å². The summed E-state index contributed by atoms with van der Waals surface area (Å²) in [5.41, 5.74) is 0.812. The van der Waals surface area contributed by atoms with E-state index in [0.717, 1.165) is 17.7 Å². The molecule has 0 fully saturated rings. The van der Waals surface area contributed by atoms with Crippen molar-refractivity contribution in [3.8, 4) is 17.2 Å². The number of carbonyl (C=O) groups excluding carboxylic acids is 1. The van der Waals surface area contributed by atoms with Crippen LogP contribution in [0.5, 0.6) is 5.75 Å². The SMILES string of the molecule is COc1ccc(-c2nnc(SCC(=O)NCCC(C)C)o2)cc1. The second-order valence-electron chi connectivity index (χ2n) is 5.42. The standard InChI is InChI=1S/C16H21N3O3S/c1-11(2)8-9-17-14(20)10-23-16-19-18-15(22-16)12-4-6-13(21-3)7-5-12/h4-7,11H,8-10H2,1-3H3,(H,17,20). The van der Waals surface area contributed by atoms with E-state index in [1.165, 1.54) is 11.8 Å². The Hall–Kier alpha value is -2.02. The molecule has 0 aliphatic rings. The van der Waals surface area contributed by atoms with Crippen molar-refractivity contribution in [1.29, 1.82) is 0 Å². The van der Waals surface area contributed by atoms with Crippen molar-refractivity contribution in [2.45, 2.75) is 25.5 Å². The van der Waals surface area contributed by atoms with Crippen LogP contribution in [-0.2, 0) is 4.79 Å². The Labute approximate surface area is 140 Å². The van der Waals surface area contributed by atoms with E-state index in [1.54, 1.807) is 7.11 Å². The maximum atomic E-state index is 11.7. The van der Waals surface area contributed by atoms with Crippen molar-refractivity contribution in [2.24, 2.45) is 5.92 Å². The molecule has 1 amide bonds. The zero-order valence-electron chi connectivity index (χ0n) is 13.5. The van der Waals surface area contributed by atoms with Crippen molar-refractivity contribution < 1.29 is 13.9 Å². The van der Waals surface area contributed by atoms with Crippen molar-refractivity contribution in [3.05, 3.63) is 24.3 Å². The van der Waals surface area contributed by atoms with E-state index in [2.05, 4.69) is 29.4 Å². The average molecular weight is 335 g/mol. The summed E-state index contributed by atoms with van der Waals surface area (Å²) >= 11 is 1.23. The number of rotatable bonds is 8. The van der Waals surface area contributed by atoms with Crippen molar-refractivity contribution in [3.63, 3.8) is 0 Å². The Morgan fingerprint density at radius 1 is 1.30 bits per heavy atom. The number of carbonyl (C=O) groups is 1. The van der Waals surface area contributed by atoms with Gasteiger partial charge in [-0.15, -0.1) is 10.2 Å². The number of hydrogen-bond donors (Lipinski definition) is 1. The lowest BCUT2D eigenvalue weighted by Crippen LogP contribution is -2.26. The monoisotopic (exact) mass is 335 g/mol. The van der Waals surface area contributed by atoms with Gasteiger partial charge in [-0.2, -0.15) is 0 Å². The maximum Gasteiger partial charge on any atom is 0.277 e. The fourth-order valence-electron chi connectivity index (χ4n) is 1.80. The number of thioether (sulfide) groups is 1. The van der Waals surface area contributed by atoms with Crippen LogP contribution in [-0.4, -0.2) is 35.5 Å². The highest BCUT2D eigenvalue weighted by Gasteiger charge is 2.11. The Morgan fingerprint density at radius 2 is 2.04 bits per heavy atom.